The number of rotatable bonds is 10. The third-order valence-corrected chi connectivity index (χ3v) is 4.03. The van der Waals surface area contributed by atoms with E-state index in [1.54, 1.807) is 18.7 Å². The second kappa shape index (κ2) is 10.7. The molecule has 0 bridgehead atoms. The van der Waals surface area contributed by atoms with Crippen molar-refractivity contribution in [3.8, 4) is 0 Å². The number of ether oxygens (including phenoxy) is 1. The molecule has 0 rings (SSSR count). The molecule has 0 saturated carbocycles. The molecule has 2 nitrogen and oxygen atoms in total. The van der Waals surface area contributed by atoms with Crippen LogP contribution in [-0.2, 0) is 9.53 Å². The number of methoxy groups -OCH3 is 1. The molecule has 18 heavy (non-hydrogen) atoms. The number of hydrogen-bond donors (Lipinski definition) is 0. The summed E-state index contributed by atoms with van der Waals surface area (Å²) in [6.45, 7) is 5.82. The van der Waals surface area contributed by atoms with Gasteiger partial charge in [-0.15, -0.1) is 11.8 Å². The molecule has 0 aliphatic heterocycles. The molecule has 108 valence electrons. The summed E-state index contributed by atoms with van der Waals surface area (Å²) in [6.07, 6.45) is 3.84. The highest BCUT2D eigenvalue weighted by molar-refractivity contribution is 8.00. The smallest absolute Gasteiger partial charge is 0.318 e. The number of alkyl halides is 1. The lowest BCUT2D eigenvalue weighted by molar-refractivity contribution is -0.140. The molecule has 0 aliphatic carbocycles. The molecule has 0 aromatic rings. The van der Waals surface area contributed by atoms with Gasteiger partial charge in [0.25, 0.3) is 0 Å². The summed E-state index contributed by atoms with van der Waals surface area (Å²) in [6, 6.07) is 0. The van der Waals surface area contributed by atoms with Gasteiger partial charge in [0.2, 0.25) is 0 Å². The van der Waals surface area contributed by atoms with Crippen molar-refractivity contribution in [2.24, 2.45) is 5.92 Å². The lowest BCUT2D eigenvalue weighted by Gasteiger charge is -2.16. The van der Waals surface area contributed by atoms with Crippen molar-refractivity contribution in [1.29, 1.82) is 0 Å². The molecule has 0 spiro atoms. The number of unbranched alkanes of at least 4 members (excludes halogenated alkanes) is 2. The zero-order valence-electron chi connectivity index (χ0n) is 12.1. The van der Waals surface area contributed by atoms with Gasteiger partial charge in [-0.3, -0.25) is 4.79 Å². The molecule has 0 N–H and O–H groups in total. The van der Waals surface area contributed by atoms with Gasteiger partial charge in [-0.2, -0.15) is 0 Å². The monoisotopic (exact) mass is 278 g/mol. The molecule has 2 unspecified atom stereocenters. The molecule has 0 saturated heterocycles. The van der Waals surface area contributed by atoms with Crippen LogP contribution in [-0.4, -0.2) is 30.3 Å². The Labute approximate surface area is 115 Å². The fourth-order valence-electron chi connectivity index (χ4n) is 1.72. The first-order valence-electron chi connectivity index (χ1n) is 6.80. The van der Waals surface area contributed by atoms with E-state index in [9.17, 15) is 9.18 Å². The van der Waals surface area contributed by atoms with Gasteiger partial charge in [0.15, 0.2) is 0 Å². The molecule has 0 fully saturated rings. The van der Waals surface area contributed by atoms with E-state index in [1.165, 1.54) is 7.11 Å². The van der Waals surface area contributed by atoms with E-state index in [-0.39, 0.29) is 11.2 Å². The first-order valence-corrected chi connectivity index (χ1v) is 7.85. The number of carbonyl (C=O) groups excluding carboxylic acids is 1. The SMILES string of the molecule is COC(=O)C(CC(C)C)SCCCCCC(C)F. The number of halogens is 1. The summed E-state index contributed by atoms with van der Waals surface area (Å²) < 4.78 is 17.4. The van der Waals surface area contributed by atoms with Crippen LogP contribution in [0.15, 0.2) is 0 Å². The van der Waals surface area contributed by atoms with Gasteiger partial charge in [-0.05, 0) is 37.9 Å². The summed E-state index contributed by atoms with van der Waals surface area (Å²) in [7, 11) is 1.44. The summed E-state index contributed by atoms with van der Waals surface area (Å²) in [4.78, 5) is 11.6. The lowest BCUT2D eigenvalue weighted by Crippen LogP contribution is -2.21. The van der Waals surface area contributed by atoms with E-state index in [1.807, 2.05) is 0 Å². The average Bonchev–Trinajstić information content (AvgIpc) is 2.30. The van der Waals surface area contributed by atoms with E-state index in [2.05, 4.69) is 13.8 Å². The van der Waals surface area contributed by atoms with Crippen molar-refractivity contribution in [3.05, 3.63) is 0 Å². The Hall–Kier alpha value is -0.250. The molecule has 0 radical (unpaired) electrons. The van der Waals surface area contributed by atoms with Crippen LogP contribution in [0.25, 0.3) is 0 Å². The van der Waals surface area contributed by atoms with Gasteiger partial charge >= 0.3 is 5.97 Å². The van der Waals surface area contributed by atoms with Gasteiger partial charge in [-0.25, -0.2) is 4.39 Å². The highest BCUT2D eigenvalue weighted by atomic mass is 32.2. The second-order valence-electron chi connectivity index (χ2n) is 5.14. The standard InChI is InChI=1S/C14H27FO2S/c1-11(2)10-13(14(16)17-4)18-9-7-5-6-8-12(3)15/h11-13H,5-10H2,1-4H3. The van der Waals surface area contributed by atoms with Gasteiger partial charge in [0, 0.05) is 0 Å². The number of thioether (sulfide) groups is 1. The topological polar surface area (TPSA) is 26.3 Å². The van der Waals surface area contributed by atoms with E-state index < -0.39 is 6.17 Å². The number of hydrogen-bond acceptors (Lipinski definition) is 3. The van der Waals surface area contributed by atoms with Crippen LogP contribution in [0.5, 0.6) is 0 Å². The van der Waals surface area contributed by atoms with E-state index in [0.717, 1.165) is 31.4 Å². The van der Waals surface area contributed by atoms with Crippen LogP contribution in [0, 0.1) is 5.92 Å². The van der Waals surface area contributed by atoms with Crippen molar-refractivity contribution < 1.29 is 13.9 Å². The summed E-state index contributed by atoms with van der Waals surface area (Å²) in [5, 5.41) is -0.0462. The van der Waals surface area contributed by atoms with Crippen LogP contribution in [0.4, 0.5) is 4.39 Å². The fourth-order valence-corrected chi connectivity index (χ4v) is 3.13. The van der Waals surface area contributed by atoms with Crippen LogP contribution in [0.1, 0.15) is 52.9 Å². The Morgan fingerprint density at radius 1 is 1.22 bits per heavy atom. The normalized spacial score (nSPS) is 14.6. The Bertz CT molecular complexity index is 220. The summed E-state index contributed by atoms with van der Waals surface area (Å²) in [5.74, 6) is 1.33. The van der Waals surface area contributed by atoms with Crippen molar-refractivity contribution in [3.63, 3.8) is 0 Å². The minimum Gasteiger partial charge on any atom is -0.468 e. The van der Waals surface area contributed by atoms with Crippen LogP contribution in [0.2, 0.25) is 0 Å². The molecule has 0 amide bonds. The van der Waals surface area contributed by atoms with Crippen molar-refractivity contribution in [1.82, 2.24) is 0 Å². The molecule has 0 aliphatic rings. The Balaban J connectivity index is 3.73. The van der Waals surface area contributed by atoms with Crippen molar-refractivity contribution >= 4 is 17.7 Å². The Kier molecular flexibility index (Phi) is 10.5. The van der Waals surface area contributed by atoms with Crippen LogP contribution >= 0.6 is 11.8 Å². The maximum atomic E-state index is 12.6. The van der Waals surface area contributed by atoms with E-state index in [0.29, 0.717) is 12.3 Å². The summed E-state index contributed by atoms with van der Waals surface area (Å²) in [5.41, 5.74) is 0. The van der Waals surface area contributed by atoms with E-state index in [4.69, 9.17) is 4.74 Å². The predicted molar refractivity (Wildman–Crippen MR) is 76.8 cm³/mol. The number of carbonyl (C=O) groups is 1. The second-order valence-corrected chi connectivity index (χ2v) is 6.45. The molecule has 0 aromatic carbocycles. The van der Waals surface area contributed by atoms with Crippen LogP contribution in [0.3, 0.4) is 0 Å². The molecule has 2 atom stereocenters. The minimum atomic E-state index is -0.693. The van der Waals surface area contributed by atoms with Crippen molar-refractivity contribution in [2.45, 2.75) is 64.3 Å². The first-order chi connectivity index (χ1) is 8.47. The van der Waals surface area contributed by atoms with E-state index >= 15 is 0 Å². The minimum absolute atomic E-state index is 0.0462. The first kappa shape index (κ1) is 17.8. The highest BCUT2D eigenvalue weighted by Crippen LogP contribution is 2.22. The molecule has 4 heteroatoms. The van der Waals surface area contributed by atoms with Gasteiger partial charge in [0.1, 0.15) is 5.25 Å². The fraction of sp³-hybridized carbons (Fsp3) is 0.929. The number of esters is 1. The zero-order valence-corrected chi connectivity index (χ0v) is 12.9. The third kappa shape index (κ3) is 9.75. The van der Waals surface area contributed by atoms with Crippen molar-refractivity contribution in [2.75, 3.05) is 12.9 Å². The van der Waals surface area contributed by atoms with Gasteiger partial charge < -0.3 is 4.74 Å². The Morgan fingerprint density at radius 2 is 1.89 bits per heavy atom. The van der Waals surface area contributed by atoms with Gasteiger partial charge in [0.05, 0.1) is 13.3 Å². The largest absolute Gasteiger partial charge is 0.468 e. The maximum Gasteiger partial charge on any atom is 0.318 e. The molecule has 0 aromatic heterocycles. The highest BCUT2D eigenvalue weighted by Gasteiger charge is 2.20. The summed E-state index contributed by atoms with van der Waals surface area (Å²) >= 11 is 1.67. The molecular formula is C14H27FO2S. The predicted octanol–water partition coefficient (Wildman–Crippen LogP) is 4.23. The lowest BCUT2D eigenvalue weighted by atomic mass is 10.1. The maximum absolute atomic E-state index is 12.6. The quantitative estimate of drug-likeness (QED) is 0.442. The third-order valence-electron chi connectivity index (χ3n) is 2.71. The average molecular weight is 278 g/mol. The van der Waals surface area contributed by atoms with Crippen LogP contribution < -0.4 is 0 Å². The molecular weight excluding hydrogens is 251 g/mol. The zero-order chi connectivity index (χ0) is 14.0. The molecule has 0 heterocycles. The Morgan fingerprint density at radius 3 is 2.39 bits per heavy atom. The van der Waals surface area contributed by atoms with Gasteiger partial charge in [-0.1, -0.05) is 26.7 Å².